The van der Waals surface area contributed by atoms with E-state index >= 15 is 0 Å². The van der Waals surface area contributed by atoms with Gasteiger partial charge in [0.1, 0.15) is 0 Å². The highest BCUT2D eigenvalue weighted by Gasteiger charge is 2.33. The summed E-state index contributed by atoms with van der Waals surface area (Å²) in [5.74, 6) is -0.433. The number of nitrogens with zero attached hydrogens (tertiary/aromatic N) is 2. The molecule has 1 heterocycles. The standard InChI is InChI=1S/C21H25N3O2/c1-14-12-21(2,3)24(4)19-10-5-15(11-18(14)19)13-22-23-17-8-6-16(7-9-17)20(25)26/h5-11,13-14,23H,12H2,1-4H3,(H,25,26)/b22-13+/t14-/m0/s1. The average Bonchev–Trinajstić information content (AvgIpc) is 2.60. The Kier molecular flexibility index (Phi) is 4.72. The Morgan fingerprint density at radius 1 is 1.27 bits per heavy atom. The van der Waals surface area contributed by atoms with E-state index in [9.17, 15) is 4.79 Å². The minimum absolute atomic E-state index is 0.158. The van der Waals surface area contributed by atoms with Crippen molar-refractivity contribution in [3.8, 4) is 0 Å². The van der Waals surface area contributed by atoms with Crippen molar-refractivity contribution in [1.82, 2.24) is 0 Å². The largest absolute Gasteiger partial charge is 0.478 e. The summed E-state index contributed by atoms with van der Waals surface area (Å²) in [5.41, 5.74) is 7.78. The van der Waals surface area contributed by atoms with Gasteiger partial charge in [-0.3, -0.25) is 5.43 Å². The SMILES string of the molecule is C[C@H]1CC(C)(C)N(C)c2ccc(/C=N/Nc3ccc(C(=O)O)cc3)cc21. The fourth-order valence-corrected chi connectivity index (χ4v) is 3.54. The first-order valence-electron chi connectivity index (χ1n) is 8.78. The molecule has 136 valence electrons. The molecule has 1 atom stereocenters. The van der Waals surface area contributed by atoms with Gasteiger partial charge in [0.05, 0.1) is 17.5 Å². The van der Waals surface area contributed by atoms with E-state index in [0.29, 0.717) is 5.92 Å². The number of fused-ring (bicyclic) bond motifs is 1. The second-order valence-corrected chi connectivity index (χ2v) is 7.55. The molecule has 2 aromatic rings. The van der Waals surface area contributed by atoms with Gasteiger partial charge < -0.3 is 10.0 Å². The molecular formula is C21H25N3O2. The van der Waals surface area contributed by atoms with Crippen LogP contribution in [0.25, 0.3) is 0 Å². The van der Waals surface area contributed by atoms with Crippen LogP contribution in [-0.4, -0.2) is 29.9 Å². The minimum Gasteiger partial charge on any atom is -0.478 e. The van der Waals surface area contributed by atoms with Crippen LogP contribution in [0.15, 0.2) is 47.6 Å². The molecule has 0 bridgehead atoms. The van der Waals surface area contributed by atoms with Gasteiger partial charge in [0.15, 0.2) is 0 Å². The smallest absolute Gasteiger partial charge is 0.335 e. The molecule has 1 aliphatic heterocycles. The maximum atomic E-state index is 10.9. The molecule has 5 nitrogen and oxygen atoms in total. The maximum absolute atomic E-state index is 10.9. The van der Waals surface area contributed by atoms with Crippen LogP contribution in [0.5, 0.6) is 0 Å². The number of rotatable bonds is 4. The van der Waals surface area contributed by atoms with Crippen molar-refractivity contribution >= 4 is 23.6 Å². The summed E-state index contributed by atoms with van der Waals surface area (Å²) < 4.78 is 0. The first kappa shape index (κ1) is 18.0. The van der Waals surface area contributed by atoms with E-state index in [0.717, 1.165) is 17.7 Å². The molecule has 0 spiro atoms. The van der Waals surface area contributed by atoms with E-state index in [2.05, 4.69) is 61.4 Å². The fourth-order valence-electron chi connectivity index (χ4n) is 3.54. The second kappa shape index (κ2) is 6.83. The van der Waals surface area contributed by atoms with Gasteiger partial charge in [-0.25, -0.2) is 4.79 Å². The zero-order chi connectivity index (χ0) is 18.9. The number of hydrogen-bond donors (Lipinski definition) is 2. The first-order valence-corrected chi connectivity index (χ1v) is 8.78. The van der Waals surface area contributed by atoms with Gasteiger partial charge in [-0.1, -0.05) is 13.0 Å². The normalized spacial score (nSPS) is 18.6. The minimum atomic E-state index is -0.934. The molecule has 0 saturated carbocycles. The Hall–Kier alpha value is -2.82. The van der Waals surface area contributed by atoms with Crippen molar-refractivity contribution in [3.05, 3.63) is 59.2 Å². The van der Waals surface area contributed by atoms with E-state index in [4.69, 9.17) is 5.11 Å². The highest BCUT2D eigenvalue weighted by molar-refractivity contribution is 5.88. The summed E-state index contributed by atoms with van der Waals surface area (Å²) in [5, 5.41) is 13.2. The zero-order valence-corrected chi connectivity index (χ0v) is 15.7. The number of carboxylic acids is 1. The number of hydrogen-bond acceptors (Lipinski definition) is 4. The molecular weight excluding hydrogens is 326 g/mol. The van der Waals surface area contributed by atoms with Crippen LogP contribution in [0.4, 0.5) is 11.4 Å². The van der Waals surface area contributed by atoms with Crippen molar-refractivity contribution in [1.29, 1.82) is 0 Å². The molecule has 5 heteroatoms. The molecule has 0 saturated heterocycles. The zero-order valence-electron chi connectivity index (χ0n) is 15.7. The van der Waals surface area contributed by atoms with E-state index in [1.54, 1.807) is 30.5 Å². The molecule has 0 aliphatic carbocycles. The number of carbonyl (C=O) groups is 1. The molecule has 0 aromatic heterocycles. The Bertz CT molecular complexity index is 841. The van der Waals surface area contributed by atoms with Gasteiger partial charge in [-0.2, -0.15) is 5.10 Å². The third-order valence-corrected chi connectivity index (χ3v) is 5.20. The Labute approximate surface area is 154 Å². The summed E-state index contributed by atoms with van der Waals surface area (Å²) >= 11 is 0. The van der Waals surface area contributed by atoms with Crippen LogP contribution in [0.1, 0.15) is 54.6 Å². The van der Waals surface area contributed by atoms with E-state index in [1.807, 2.05) is 0 Å². The van der Waals surface area contributed by atoms with Gasteiger partial charge in [-0.05, 0) is 73.7 Å². The highest BCUT2D eigenvalue weighted by atomic mass is 16.4. The van der Waals surface area contributed by atoms with Crippen LogP contribution < -0.4 is 10.3 Å². The second-order valence-electron chi connectivity index (χ2n) is 7.55. The third kappa shape index (κ3) is 3.57. The molecule has 1 aliphatic rings. The van der Waals surface area contributed by atoms with Gasteiger partial charge in [0, 0.05) is 18.3 Å². The Balaban J connectivity index is 1.74. The fraction of sp³-hybridized carbons (Fsp3) is 0.333. The van der Waals surface area contributed by atoms with E-state index < -0.39 is 5.97 Å². The molecule has 2 aromatic carbocycles. The van der Waals surface area contributed by atoms with Crippen LogP contribution in [0, 0.1) is 0 Å². The van der Waals surface area contributed by atoms with Crippen molar-refractivity contribution in [2.45, 2.75) is 38.6 Å². The van der Waals surface area contributed by atoms with Crippen molar-refractivity contribution in [3.63, 3.8) is 0 Å². The number of carboxylic acid groups (broad SMARTS) is 1. The lowest BCUT2D eigenvalue weighted by Gasteiger charge is -2.45. The van der Waals surface area contributed by atoms with E-state index in [1.165, 1.54) is 11.3 Å². The summed E-state index contributed by atoms with van der Waals surface area (Å²) in [6.07, 6.45) is 2.91. The number of anilines is 2. The molecule has 0 radical (unpaired) electrons. The number of nitrogens with one attached hydrogen (secondary N) is 1. The Morgan fingerprint density at radius 3 is 2.62 bits per heavy atom. The predicted molar refractivity (Wildman–Crippen MR) is 107 cm³/mol. The predicted octanol–water partition coefficient (Wildman–Crippen LogP) is 4.55. The quantitative estimate of drug-likeness (QED) is 0.626. The van der Waals surface area contributed by atoms with Crippen LogP contribution in [-0.2, 0) is 0 Å². The first-order chi connectivity index (χ1) is 12.3. The average molecular weight is 351 g/mol. The summed E-state index contributed by atoms with van der Waals surface area (Å²) in [7, 11) is 2.15. The molecule has 2 N–H and O–H groups in total. The molecule has 26 heavy (non-hydrogen) atoms. The molecule has 3 rings (SSSR count). The van der Waals surface area contributed by atoms with Crippen LogP contribution >= 0.6 is 0 Å². The lowest BCUT2D eigenvalue weighted by molar-refractivity contribution is 0.0697. The lowest BCUT2D eigenvalue weighted by Crippen LogP contribution is -2.45. The summed E-state index contributed by atoms with van der Waals surface area (Å²) in [6, 6.07) is 12.9. The van der Waals surface area contributed by atoms with Crippen LogP contribution in [0.3, 0.4) is 0 Å². The van der Waals surface area contributed by atoms with Gasteiger partial charge in [-0.15, -0.1) is 0 Å². The highest BCUT2D eigenvalue weighted by Crippen LogP contribution is 2.42. The van der Waals surface area contributed by atoms with Crippen molar-refractivity contribution in [2.24, 2.45) is 5.10 Å². The van der Waals surface area contributed by atoms with Gasteiger partial charge >= 0.3 is 5.97 Å². The van der Waals surface area contributed by atoms with E-state index in [-0.39, 0.29) is 11.1 Å². The molecule has 0 unspecified atom stereocenters. The summed E-state index contributed by atoms with van der Waals surface area (Å²) in [4.78, 5) is 13.2. The third-order valence-electron chi connectivity index (χ3n) is 5.20. The number of benzene rings is 2. The number of aromatic carboxylic acids is 1. The molecule has 0 fully saturated rings. The topological polar surface area (TPSA) is 64.9 Å². The van der Waals surface area contributed by atoms with Crippen LogP contribution in [0.2, 0.25) is 0 Å². The van der Waals surface area contributed by atoms with Gasteiger partial charge in [0.25, 0.3) is 0 Å². The number of hydrazone groups is 1. The lowest BCUT2D eigenvalue weighted by atomic mass is 9.80. The van der Waals surface area contributed by atoms with Gasteiger partial charge in [0.2, 0.25) is 0 Å². The molecule has 0 amide bonds. The maximum Gasteiger partial charge on any atom is 0.335 e. The Morgan fingerprint density at radius 2 is 1.96 bits per heavy atom. The summed E-state index contributed by atoms with van der Waals surface area (Å²) in [6.45, 7) is 6.83. The monoisotopic (exact) mass is 351 g/mol. The van der Waals surface area contributed by atoms with Crippen molar-refractivity contribution in [2.75, 3.05) is 17.4 Å². The van der Waals surface area contributed by atoms with Crippen molar-refractivity contribution < 1.29 is 9.90 Å².